The van der Waals surface area contributed by atoms with Crippen LogP contribution in [0.3, 0.4) is 0 Å². The first-order valence-corrected chi connectivity index (χ1v) is 9.62. The minimum absolute atomic E-state index is 0.0502. The van der Waals surface area contributed by atoms with Crippen molar-refractivity contribution in [2.45, 2.75) is 11.7 Å². The Kier molecular flexibility index (Phi) is 6.40. The van der Waals surface area contributed by atoms with Crippen LogP contribution < -0.4 is 10.6 Å². The number of carbonyl (C=O) groups excluding carboxylic acids is 2. The Morgan fingerprint density at radius 1 is 1.26 bits per heavy atom. The van der Waals surface area contributed by atoms with Crippen molar-refractivity contribution in [2.75, 3.05) is 4.90 Å². The van der Waals surface area contributed by atoms with E-state index in [1.807, 2.05) is 0 Å². The largest absolute Gasteiger partial charge is 0.478 e. The quantitative estimate of drug-likeness (QED) is 0.225. The summed E-state index contributed by atoms with van der Waals surface area (Å²) in [6, 6.07) is 11.2. The van der Waals surface area contributed by atoms with Crippen LogP contribution in [0.1, 0.15) is 22.3 Å². The number of amidine groups is 1. The normalized spacial score (nSPS) is 16.8. The third-order valence-electron chi connectivity index (χ3n) is 4.16. The summed E-state index contributed by atoms with van der Waals surface area (Å²) in [5.74, 6) is -2.21. The van der Waals surface area contributed by atoms with Gasteiger partial charge in [0.15, 0.2) is 5.17 Å². The molecule has 0 bridgehead atoms. The molecule has 1 heterocycles. The van der Waals surface area contributed by atoms with Crippen LogP contribution in [0.5, 0.6) is 0 Å². The number of hydrogen-bond donors (Lipinski definition) is 2. The van der Waals surface area contributed by atoms with Gasteiger partial charge in [-0.05, 0) is 18.2 Å². The lowest BCUT2D eigenvalue weighted by atomic mass is 10.2. The number of carboxylic acid groups (broad SMARTS) is 1. The van der Waals surface area contributed by atoms with Gasteiger partial charge in [-0.25, -0.2) is 9.69 Å². The van der Waals surface area contributed by atoms with Gasteiger partial charge in [0.25, 0.3) is 5.69 Å². The first-order chi connectivity index (χ1) is 14.8. The van der Waals surface area contributed by atoms with Crippen molar-refractivity contribution in [3.63, 3.8) is 0 Å². The van der Waals surface area contributed by atoms with Gasteiger partial charge in [-0.2, -0.15) is 5.10 Å². The van der Waals surface area contributed by atoms with E-state index in [2.05, 4.69) is 10.2 Å². The summed E-state index contributed by atoms with van der Waals surface area (Å²) >= 11 is 0.849. The molecular weight excluding hydrogens is 426 g/mol. The zero-order valence-electron chi connectivity index (χ0n) is 15.7. The molecule has 12 heteroatoms. The number of nitro groups is 1. The average Bonchev–Trinajstić information content (AvgIpc) is 3.01. The maximum atomic E-state index is 12.7. The van der Waals surface area contributed by atoms with Gasteiger partial charge in [0, 0.05) is 24.1 Å². The van der Waals surface area contributed by atoms with Gasteiger partial charge in [-0.1, -0.05) is 30.0 Å². The number of nitrogens with two attached hydrogens (primary N) is 1. The molecule has 1 fully saturated rings. The highest BCUT2D eigenvalue weighted by Gasteiger charge is 2.40. The monoisotopic (exact) mass is 441 g/mol. The number of imide groups is 1. The van der Waals surface area contributed by atoms with Crippen LogP contribution in [0.15, 0.2) is 58.7 Å². The molecule has 11 nitrogen and oxygen atoms in total. The fourth-order valence-electron chi connectivity index (χ4n) is 2.79. The SMILES string of the molecule is NC(=NN=Cc1cccc([N+](=O)[O-])c1)SC1CC(=O)N(c2cccc(C(=O)O)c2)C1=O. The molecule has 0 saturated carbocycles. The number of non-ortho nitro benzene ring substituents is 1. The van der Waals surface area contributed by atoms with Crippen molar-refractivity contribution < 1.29 is 24.4 Å². The summed E-state index contributed by atoms with van der Waals surface area (Å²) in [6.45, 7) is 0. The van der Waals surface area contributed by atoms with Crippen LogP contribution in [-0.4, -0.2) is 44.4 Å². The van der Waals surface area contributed by atoms with Crippen molar-refractivity contribution in [1.29, 1.82) is 0 Å². The molecule has 1 aliphatic heterocycles. The van der Waals surface area contributed by atoms with E-state index in [-0.39, 0.29) is 28.5 Å². The number of carboxylic acids is 1. The Hall–Kier alpha value is -4.06. The first kappa shape index (κ1) is 21.6. The van der Waals surface area contributed by atoms with Gasteiger partial charge in [-0.15, -0.1) is 5.10 Å². The van der Waals surface area contributed by atoms with E-state index >= 15 is 0 Å². The third kappa shape index (κ3) is 5.11. The highest BCUT2D eigenvalue weighted by molar-refractivity contribution is 8.14. The molecule has 158 valence electrons. The average molecular weight is 441 g/mol. The minimum atomic E-state index is -1.18. The lowest BCUT2D eigenvalue weighted by molar-refractivity contribution is -0.384. The van der Waals surface area contributed by atoms with Crippen molar-refractivity contribution in [1.82, 2.24) is 0 Å². The van der Waals surface area contributed by atoms with Gasteiger partial charge in [0.2, 0.25) is 11.8 Å². The number of aromatic carboxylic acids is 1. The second kappa shape index (κ2) is 9.17. The van der Waals surface area contributed by atoms with Crippen LogP contribution in [0, 0.1) is 10.1 Å². The van der Waals surface area contributed by atoms with Crippen LogP contribution in [0.2, 0.25) is 0 Å². The number of thioether (sulfide) groups is 1. The summed E-state index contributed by atoms with van der Waals surface area (Å²) < 4.78 is 0. The van der Waals surface area contributed by atoms with Crippen molar-refractivity contribution in [2.24, 2.45) is 15.9 Å². The van der Waals surface area contributed by atoms with Crippen LogP contribution in [0.25, 0.3) is 0 Å². The molecule has 1 unspecified atom stereocenters. The second-order valence-corrected chi connectivity index (χ2v) is 7.49. The molecular formula is C19H15N5O6S. The van der Waals surface area contributed by atoms with Gasteiger partial charge in [0.1, 0.15) is 5.25 Å². The lowest BCUT2D eigenvalue weighted by Crippen LogP contribution is -2.32. The van der Waals surface area contributed by atoms with E-state index in [4.69, 9.17) is 10.8 Å². The van der Waals surface area contributed by atoms with E-state index in [9.17, 15) is 24.5 Å². The number of benzene rings is 2. The number of anilines is 1. The molecule has 0 spiro atoms. The Morgan fingerprint density at radius 3 is 2.71 bits per heavy atom. The number of carbonyl (C=O) groups is 3. The second-order valence-electron chi connectivity index (χ2n) is 6.27. The maximum absolute atomic E-state index is 12.7. The van der Waals surface area contributed by atoms with E-state index in [1.54, 1.807) is 6.07 Å². The molecule has 3 N–H and O–H groups in total. The Bertz CT molecular complexity index is 1130. The van der Waals surface area contributed by atoms with Crippen LogP contribution in [0.4, 0.5) is 11.4 Å². The van der Waals surface area contributed by atoms with E-state index in [1.165, 1.54) is 48.7 Å². The number of nitrogens with zero attached hydrogens (tertiary/aromatic N) is 4. The van der Waals surface area contributed by atoms with Gasteiger partial charge < -0.3 is 10.8 Å². The van der Waals surface area contributed by atoms with E-state index in [0.717, 1.165) is 16.7 Å². The molecule has 31 heavy (non-hydrogen) atoms. The van der Waals surface area contributed by atoms with Crippen molar-refractivity contribution >= 4 is 52.3 Å². The first-order valence-electron chi connectivity index (χ1n) is 8.74. The predicted octanol–water partition coefficient (Wildman–Crippen LogP) is 2.01. The molecule has 0 radical (unpaired) electrons. The molecule has 2 aromatic rings. The lowest BCUT2D eigenvalue weighted by Gasteiger charge is -2.15. The zero-order chi connectivity index (χ0) is 22.5. The van der Waals surface area contributed by atoms with Gasteiger partial charge in [-0.3, -0.25) is 19.7 Å². The topological polar surface area (TPSA) is 169 Å². The zero-order valence-corrected chi connectivity index (χ0v) is 16.6. The summed E-state index contributed by atoms with van der Waals surface area (Å²) in [7, 11) is 0. The van der Waals surface area contributed by atoms with Gasteiger partial charge >= 0.3 is 5.97 Å². The summed E-state index contributed by atoms with van der Waals surface area (Å²) in [6.07, 6.45) is 1.14. The van der Waals surface area contributed by atoms with Crippen molar-refractivity contribution in [3.8, 4) is 0 Å². The maximum Gasteiger partial charge on any atom is 0.335 e. The molecule has 1 saturated heterocycles. The summed E-state index contributed by atoms with van der Waals surface area (Å²) in [5, 5.41) is 26.5. The number of hydrogen-bond acceptors (Lipinski definition) is 8. The minimum Gasteiger partial charge on any atom is -0.478 e. The molecule has 3 rings (SSSR count). The smallest absolute Gasteiger partial charge is 0.335 e. The van der Waals surface area contributed by atoms with Crippen molar-refractivity contribution in [3.05, 3.63) is 69.8 Å². The third-order valence-corrected chi connectivity index (χ3v) is 5.14. The predicted molar refractivity (Wildman–Crippen MR) is 114 cm³/mol. The molecule has 2 aromatic carbocycles. The fraction of sp³-hybridized carbons (Fsp3) is 0.105. The molecule has 2 amide bonds. The molecule has 1 atom stereocenters. The molecule has 0 aliphatic carbocycles. The van der Waals surface area contributed by atoms with Gasteiger partial charge in [0.05, 0.1) is 22.4 Å². The Labute approximate surface area is 179 Å². The van der Waals surface area contributed by atoms with Crippen LogP contribution >= 0.6 is 11.8 Å². The highest BCUT2D eigenvalue weighted by Crippen LogP contribution is 2.30. The molecule has 1 aliphatic rings. The fourth-order valence-corrected chi connectivity index (χ4v) is 3.60. The number of nitro benzene ring substituents is 1. The van der Waals surface area contributed by atoms with E-state index in [0.29, 0.717) is 5.56 Å². The standard InChI is InChI=1S/C19H15N5O6S/c20-19(22-21-10-11-3-1-6-14(7-11)24(29)30)31-15-9-16(25)23(17(15)26)13-5-2-4-12(8-13)18(27)28/h1-8,10,15H,9H2,(H2,20,22)(H,27,28). The summed E-state index contributed by atoms with van der Waals surface area (Å²) in [5.41, 5.74) is 6.23. The number of amides is 2. The highest BCUT2D eigenvalue weighted by atomic mass is 32.2. The Morgan fingerprint density at radius 2 is 2.00 bits per heavy atom. The van der Waals surface area contributed by atoms with E-state index < -0.39 is 28.0 Å². The Balaban J connectivity index is 1.69. The van der Waals surface area contributed by atoms with Crippen LogP contribution in [-0.2, 0) is 9.59 Å². The summed E-state index contributed by atoms with van der Waals surface area (Å²) in [4.78, 5) is 47.3. The number of rotatable bonds is 6. The molecule has 0 aromatic heterocycles.